The van der Waals surface area contributed by atoms with Crippen molar-refractivity contribution in [3.05, 3.63) is 12.2 Å². The Hall–Kier alpha value is -0.550. The highest BCUT2D eigenvalue weighted by Gasteiger charge is 2.00. The topological polar surface area (TPSA) is 42.7 Å². The van der Waals surface area contributed by atoms with Gasteiger partial charge in [-0.2, -0.15) is 16.9 Å². The average Bonchev–Trinajstić information content (AvgIpc) is 2.80. The van der Waals surface area contributed by atoms with Crippen LogP contribution in [0.5, 0.6) is 0 Å². The quantitative estimate of drug-likeness (QED) is 0.652. The van der Waals surface area contributed by atoms with Crippen LogP contribution in [0.4, 0.5) is 0 Å². The zero-order chi connectivity index (χ0) is 12.3. The van der Waals surface area contributed by atoms with E-state index in [4.69, 9.17) is 0 Å². The molecule has 0 bridgehead atoms. The monoisotopic (exact) mass is 256 g/mol. The predicted octanol–water partition coefficient (Wildman–Crippen LogP) is 2.31. The molecular weight excluding hydrogens is 232 g/mol. The van der Waals surface area contributed by atoms with E-state index in [1.165, 1.54) is 31.4 Å². The number of hydrogen-bond acceptors (Lipinski definition) is 4. The van der Waals surface area contributed by atoms with Gasteiger partial charge in [0.2, 0.25) is 0 Å². The molecule has 4 nitrogen and oxygen atoms in total. The molecule has 0 saturated heterocycles. The second kappa shape index (κ2) is 9.48. The lowest BCUT2D eigenvalue weighted by molar-refractivity contribution is 0.551. The van der Waals surface area contributed by atoms with Crippen molar-refractivity contribution in [2.45, 2.75) is 45.7 Å². The third-order valence-corrected chi connectivity index (χ3v) is 3.43. The van der Waals surface area contributed by atoms with E-state index in [9.17, 15) is 0 Å². The molecule has 1 rings (SSSR count). The van der Waals surface area contributed by atoms with Crippen LogP contribution < -0.4 is 5.32 Å². The van der Waals surface area contributed by atoms with Crippen molar-refractivity contribution in [3.63, 3.8) is 0 Å². The Kier molecular flexibility index (Phi) is 8.09. The van der Waals surface area contributed by atoms with Crippen molar-refractivity contribution in [2.75, 3.05) is 18.6 Å². The predicted molar refractivity (Wildman–Crippen MR) is 74.3 cm³/mol. The summed E-state index contributed by atoms with van der Waals surface area (Å²) in [6.07, 6.45) is 9.09. The van der Waals surface area contributed by atoms with Gasteiger partial charge in [-0.25, -0.2) is 9.67 Å². The molecule has 98 valence electrons. The van der Waals surface area contributed by atoms with Crippen LogP contribution in [0.25, 0.3) is 0 Å². The number of thioether (sulfide) groups is 1. The van der Waals surface area contributed by atoms with Gasteiger partial charge in [-0.3, -0.25) is 0 Å². The van der Waals surface area contributed by atoms with Gasteiger partial charge in [0.1, 0.15) is 12.2 Å². The van der Waals surface area contributed by atoms with E-state index in [0.29, 0.717) is 0 Å². The highest BCUT2D eigenvalue weighted by atomic mass is 32.2. The van der Waals surface area contributed by atoms with Crippen molar-refractivity contribution in [2.24, 2.45) is 0 Å². The lowest BCUT2D eigenvalue weighted by atomic mass is 10.2. The third-order valence-electron chi connectivity index (χ3n) is 2.73. The fourth-order valence-corrected chi connectivity index (χ4v) is 2.23. The van der Waals surface area contributed by atoms with E-state index in [1.54, 1.807) is 6.33 Å². The van der Waals surface area contributed by atoms with Crippen LogP contribution in [0.3, 0.4) is 0 Å². The van der Waals surface area contributed by atoms with Gasteiger partial charge >= 0.3 is 0 Å². The smallest absolute Gasteiger partial charge is 0.140 e. The van der Waals surface area contributed by atoms with E-state index in [2.05, 4.69) is 28.6 Å². The Balaban J connectivity index is 1.97. The van der Waals surface area contributed by atoms with Gasteiger partial charge < -0.3 is 5.32 Å². The summed E-state index contributed by atoms with van der Waals surface area (Å²) in [6.45, 7) is 4.89. The molecule has 0 amide bonds. The van der Waals surface area contributed by atoms with Crippen LogP contribution in [-0.2, 0) is 13.1 Å². The molecule has 17 heavy (non-hydrogen) atoms. The molecule has 0 fully saturated rings. The maximum absolute atomic E-state index is 4.23. The van der Waals surface area contributed by atoms with E-state index in [1.807, 2.05) is 16.4 Å². The second-order valence-electron chi connectivity index (χ2n) is 4.08. The molecule has 0 aromatic carbocycles. The average molecular weight is 256 g/mol. The number of nitrogens with zero attached hydrogens (tertiary/aromatic N) is 3. The molecule has 0 aliphatic heterocycles. The Morgan fingerprint density at radius 3 is 2.88 bits per heavy atom. The standard InChI is InChI=1S/C12H24N4S/c1-3-16-12(14-11-15-16)10-13-8-6-4-5-7-9-17-2/h11,13H,3-10H2,1-2H3. The molecule has 1 N–H and O–H groups in total. The largest absolute Gasteiger partial charge is 0.310 e. The first-order valence-corrected chi connectivity index (χ1v) is 7.84. The molecule has 0 aliphatic carbocycles. The Morgan fingerprint density at radius 2 is 2.12 bits per heavy atom. The van der Waals surface area contributed by atoms with Gasteiger partial charge in [0, 0.05) is 6.54 Å². The summed E-state index contributed by atoms with van der Waals surface area (Å²) in [6, 6.07) is 0. The van der Waals surface area contributed by atoms with E-state index in [0.717, 1.165) is 25.5 Å². The molecule has 1 aromatic heterocycles. The van der Waals surface area contributed by atoms with Crippen molar-refractivity contribution >= 4 is 11.8 Å². The first-order chi connectivity index (χ1) is 8.38. The van der Waals surface area contributed by atoms with Crippen LogP contribution in [0.2, 0.25) is 0 Å². The molecule has 0 radical (unpaired) electrons. The summed E-state index contributed by atoms with van der Waals surface area (Å²) in [5.41, 5.74) is 0. The van der Waals surface area contributed by atoms with E-state index >= 15 is 0 Å². The molecule has 0 saturated carbocycles. The van der Waals surface area contributed by atoms with Gasteiger partial charge in [0.25, 0.3) is 0 Å². The SMILES string of the molecule is CCn1ncnc1CNCCCCCCSC. The van der Waals surface area contributed by atoms with Crippen molar-refractivity contribution in [1.29, 1.82) is 0 Å². The van der Waals surface area contributed by atoms with Crippen molar-refractivity contribution in [3.8, 4) is 0 Å². The van der Waals surface area contributed by atoms with Gasteiger partial charge in [-0.05, 0) is 38.3 Å². The molecule has 0 spiro atoms. The Labute approximate surface area is 109 Å². The number of unbranched alkanes of at least 4 members (excludes halogenated alkanes) is 3. The molecule has 0 unspecified atom stereocenters. The summed E-state index contributed by atoms with van der Waals surface area (Å²) in [5, 5.41) is 7.57. The van der Waals surface area contributed by atoms with E-state index in [-0.39, 0.29) is 0 Å². The molecule has 1 aromatic rings. The van der Waals surface area contributed by atoms with Crippen LogP contribution >= 0.6 is 11.8 Å². The fraction of sp³-hybridized carbons (Fsp3) is 0.833. The van der Waals surface area contributed by atoms with Gasteiger partial charge in [0.05, 0.1) is 6.54 Å². The number of hydrogen-bond donors (Lipinski definition) is 1. The molecule has 0 atom stereocenters. The second-order valence-corrected chi connectivity index (χ2v) is 5.06. The molecule has 0 aliphatic rings. The lowest BCUT2D eigenvalue weighted by Crippen LogP contribution is -2.18. The zero-order valence-electron chi connectivity index (χ0n) is 11.0. The maximum Gasteiger partial charge on any atom is 0.140 e. The minimum atomic E-state index is 0.832. The molecule has 1 heterocycles. The van der Waals surface area contributed by atoms with Crippen LogP contribution in [-0.4, -0.2) is 33.3 Å². The molecule has 5 heteroatoms. The summed E-state index contributed by atoms with van der Waals surface area (Å²) in [5.74, 6) is 2.34. The van der Waals surface area contributed by atoms with Crippen molar-refractivity contribution in [1.82, 2.24) is 20.1 Å². The lowest BCUT2D eigenvalue weighted by Gasteiger charge is -2.05. The Bertz CT molecular complexity index is 288. The Morgan fingerprint density at radius 1 is 1.29 bits per heavy atom. The van der Waals surface area contributed by atoms with Gasteiger partial charge in [0.15, 0.2) is 0 Å². The van der Waals surface area contributed by atoms with Crippen LogP contribution in [0, 0.1) is 0 Å². The normalized spacial score (nSPS) is 10.9. The van der Waals surface area contributed by atoms with Crippen LogP contribution in [0.1, 0.15) is 38.4 Å². The summed E-state index contributed by atoms with van der Waals surface area (Å²) in [4.78, 5) is 4.23. The first-order valence-electron chi connectivity index (χ1n) is 6.44. The maximum atomic E-state index is 4.23. The highest BCUT2D eigenvalue weighted by Crippen LogP contribution is 2.04. The summed E-state index contributed by atoms with van der Waals surface area (Å²) >= 11 is 1.94. The minimum Gasteiger partial charge on any atom is -0.310 e. The van der Waals surface area contributed by atoms with Crippen LogP contribution in [0.15, 0.2) is 6.33 Å². The highest BCUT2D eigenvalue weighted by molar-refractivity contribution is 7.98. The zero-order valence-corrected chi connectivity index (χ0v) is 11.8. The van der Waals surface area contributed by atoms with Gasteiger partial charge in [-0.1, -0.05) is 12.8 Å². The number of rotatable bonds is 10. The first kappa shape index (κ1) is 14.5. The van der Waals surface area contributed by atoms with Crippen molar-refractivity contribution < 1.29 is 0 Å². The number of nitrogens with one attached hydrogen (secondary N) is 1. The fourth-order valence-electron chi connectivity index (χ4n) is 1.74. The molecular formula is C12H24N4S. The van der Waals surface area contributed by atoms with E-state index < -0.39 is 0 Å². The minimum absolute atomic E-state index is 0.832. The number of aryl methyl sites for hydroxylation is 1. The summed E-state index contributed by atoms with van der Waals surface area (Å²) in [7, 11) is 0. The van der Waals surface area contributed by atoms with Gasteiger partial charge in [-0.15, -0.1) is 0 Å². The third kappa shape index (κ3) is 6.07. The summed E-state index contributed by atoms with van der Waals surface area (Å²) < 4.78 is 1.94. The number of aromatic nitrogens is 3.